The van der Waals surface area contributed by atoms with Crippen LogP contribution in [-0.2, 0) is 26.1 Å². The molecule has 35 heavy (non-hydrogen) atoms. The zero-order chi connectivity index (χ0) is 25.4. The van der Waals surface area contributed by atoms with E-state index in [0.29, 0.717) is 39.3 Å². The number of hydrogen-bond donors (Lipinski definition) is 0. The molecule has 0 radical (unpaired) electrons. The third kappa shape index (κ3) is 7.24. The quantitative estimate of drug-likeness (QED) is 0.369. The Morgan fingerprint density at radius 2 is 1.71 bits per heavy atom. The van der Waals surface area contributed by atoms with Crippen LogP contribution in [0.5, 0.6) is 0 Å². The van der Waals surface area contributed by atoms with Gasteiger partial charge in [0.05, 0.1) is 10.5 Å². The number of carbonyl (C=O) groups excluding carboxylic acids is 2. The van der Waals surface area contributed by atoms with E-state index < -0.39 is 22.6 Å². The molecule has 1 heterocycles. The van der Waals surface area contributed by atoms with Gasteiger partial charge in [0, 0.05) is 45.8 Å². The van der Waals surface area contributed by atoms with Crippen LogP contribution in [-0.4, -0.2) is 80.3 Å². The van der Waals surface area contributed by atoms with Crippen LogP contribution < -0.4 is 0 Å². The van der Waals surface area contributed by atoms with Crippen molar-refractivity contribution in [2.75, 3.05) is 45.9 Å². The van der Waals surface area contributed by atoms with Gasteiger partial charge in [0.2, 0.25) is 10.0 Å². The van der Waals surface area contributed by atoms with Gasteiger partial charge < -0.3 is 9.64 Å². The maximum absolute atomic E-state index is 13.2. The number of ether oxygens (including phenoxy) is 1. The molecule has 8 nitrogen and oxygen atoms in total. The Bertz CT molecular complexity index is 1140. The van der Waals surface area contributed by atoms with Gasteiger partial charge in [-0.05, 0) is 37.6 Å². The van der Waals surface area contributed by atoms with E-state index in [4.69, 9.17) is 4.74 Å². The van der Waals surface area contributed by atoms with Crippen molar-refractivity contribution in [1.82, 2.24) is 14.1 Å². The minimum absolute atomic E-state index is 0.0345. The Hall–Kier alpha value is -3.01. The molecule has 0 bridgehead atoms. The third-order valence-corrected chi connectivity index (χ3v) is 7.70. The lowest BCUT2D eigenvalue weighted by atomic mass is 10.2. The van der Waals surface area contributed by atoms with E-state index in [9.17, 15) is 18.0 Å². The highest BCUT2D eigenvalue weighted by atomic mass is 32.2. The summed E-state index contributed by atoms with van der Waals surface area (Å²) in [6.45, 7) is 10.6. The first-order valence-electron chi connectivity index (χ1n) is 11.7. The Morgan fingerprint density at radius 1 is 1.03 bits per heavy atom. The smallest absolute Gasteiger partial charge is 0.338 e. The Kier molecular flexibility index (Phi) is 9.20. The first kappa shape index (κ1) is 26.6. The van der Waals surface area contributed by atoms with Gasteiger partial charge in [-0.1, -0.05) is 48.6 Å². The molecule has 0 unspecified atom stereocenters. The van der Waals surface area contributed by atoms with Crippen LogP contribution in [0.15, 0.2) is 71.6 Å². The topological polar surface area (TPSA) is 87.2 Å². The molecule has 2 aromatic rings. The molecule has 1 amide bonds. The minimum atomic E-state index is -3.76. The summed E-state index contributed by atoms with van der Waals surface area (Å²) in [4.78, 5) is 28.6. The molecule has 3 rings (SSSR count). The lowest BCUT2D eigenvalue weighted by molar-refractivity contribution is -0.133. The predicted molar refractivity (Wildman–Crippen MR) is 134 cm³/mol. The molecule has 2 aromatic carbocycles. The molecule has 1 fully saturated rings. The van der Waals surface area contributed by atoms with E-state index in [1.165, 1.54) is 39.0 Å². The molecule has 1 aliphatic rings. The highest BCUT2D eigenvalue weighted by Crippen LogP contribution is 2.20. The SMILES string of the molecule is C=C(C)CN(CC)C(=O)COC(=O)c1cccc(S(=O)(=O)N2CCN(Cc3ccccc3)CC2)c1. The summed E-state index contributed by atoms with van der Waals surface area (Å²) in [5.41, 5.74) is 2.10. The number of piperazine rings is 1. The average Bonchev–Trinajstić information content (AvgIpc) is 2.86. The molecule has 0 aliphatic carbocycles. The average molecular weight is 500 g/mol. The second kappa shape index (κ2) is 12.1. The maximum Gasteiger partial charge on any atom is 0.338 e. The molecule has 1 saturated heterocycles. The fraction of sp³-hybridized carbons (Fsp3) is 0.385. The van der Waals surface area contributed by atoms with Crippen molar-refractivity contribution >= 4 is 21.9 Å². The summed E-state index contributed by atoms with van der Waals surface area (Å²) in [5.74, 6) is -1.07. The fourth-order valence-corrected chi connectivity index (χ4v) is 5.37. The lowest BCUT2D eigenvalue weighted by Crippen LogP contribution is -2.48. The standard InChI is InChI=1S/C26H33N3O5S/c1-4-28(18-21(2)3)25(30)20-34-26(31)23-11-8-12-24(17-23)35(32,33)29-15-13-27(14-16-29)19-22-9-6-5-7-10-22/h5-12,17H,2,4,13-16,18-20H2,1,3H3. The highest BCUT2D eigenvalue weighted by molar-refractivity contribution is 7.89. The van der Waals surface area contributed by atoms with E-state index in [0.717, 1.165) is 12.1 Å². The van der Waals surface area contributed by atoms with Crippen molar-refractivity contribution in [1.29, 1.82) is 0 Å². The highest BCUT2D eigenvalue weighted by Gasteiger charge is 2.29. The van der Waals surface area contributed by atoms with Crippen molar-refractivity contribution in [3.8, 4) is 0 Å². The van der Waals surface area contributed by atoms with E-state index >= 15 is 0 Å². The molecule has 1 aliphatic heterocycles. The molecular formula is C26H33N3O5S. The van der Waals surface area contributed by atoms with Gasteiger partial charge in [-0.3, -0.25) is 9.69 Å². The van der Waals surface area contributed by atoms with Crippen LogP contribution in [0.4, 0.5) is 0 Å². The molecule has 0 spiro atoms. The van der Waals surface area contributed by atoms with Crippen molar-refractivity contribution < 1.29 is 22.7 Å². The second-order valence-corrected chi connectivity index (χ2v) is 10.6. The van der Waals surface area contributed by atoms with Crippen LogP contribution >= 0.6 is 0 Å². The van der Waals surface area contributed by atoms with E-state index in [1.54, 1.807) is 0 Å². The third-order valence-electron chi connectivity index (χ3n) is 5.81. The van der Waals surface area contributed by atoms with Gasteiger partial charge in [0.25, 0.3) is 5.91 Å². The van der Waals surface area contributed by atoms with Gasteiger partial charge >= 0.3 is 5.97 Å². The zero-order valence-corrected chi connectivity index (χ0v) is 21.2. The Labute approximate surface area is 207 Å². The molecule has 0 saturated carbocycles. The largest absolute Gasteiger partial charge is 0.452 e. The number of sulfonamides is 1. The number of hydrogen-bond acceptors (Lipinski definition) is 6. The van der Waals surface area contributed by atoms with Crippen LogP contribution in [0.2, 0.25) is 0 Å². The minimum Gasteiger partial charge on any atom is -0.452 e. The van der Waals surface area contributed by atoms with Crippen LogP contribution in [0.1, 0.15) is 29.8 Å². The molecule has 0 N–H and O–H groups in total. The van der Waals surface area contributed by atoms with Gasteiger partial charge in [0.1, 0.15) is 0 Å². The number of likely N-dealkylation sites (N-methyl/N-ethyl adjacent to an activating group) is 1. The number of esters is 1. The van der Waals surface area contributed by atoms with Gasteiger partial charge in [-0.15, -0.1) is 0 Å². The summed E-state index contributed by atoms with van der Waals surface area (Å²) < 4.78 is 33.0. The predicted octanol–water partition coefficient (Wildman–Crippen LogP) is 2.77. The van der Waals surface area contributed by atoms with Gasteiger partial charge in [0.15, 0.2) is 6.61 Å². The van der Waals surface area contributed by atoms with Crippen LogP contribution in [0.25, 0.3) is 0 Å². The molecule has 0 aromatic heterocycles. The van der Waals surface area contributed by atoms with Crippen LogP contribution in [0.3, 0.4) is 0 Å². The molecule has 9 heteroatoms. The summed E-state index contributed by atoms with van der Waals surface area (Å²) >= 11 is 0. The first-order chi connectivity index (χ1) is 16.7. The first-order valence-corrected chi connectivity index (χ1v) is 13.1. The number of carbonyl (C=O) groups is 2. The maximum atomic E-state index is 13.2. The number of amides is 1. The summed E-state index contributed by atoms with van der Waals surface area (Å²) in [7, 11) is -3.76. The second-order valence-electron chi connectivity index (χ2n) is 8.63. The Morgan fingerprint density at radius 3 is 2.34 bits per heavy atom. The van der Waals surface area contributed by atoms with E-state index in [1.807, 2.05) is 32.0 Å². The summed E-state index contributed by atoms with van der Waals surface area (Å²) in [6.07, 6.45) is 0. The number of rotatable bonds is 10. The van der Waals surface area contributed by atoms with Crippen molar-refractivity contribution in [3.05, 3.63) is 77.9 Å². The van der Waals surface area contributed by atoms with Crippen molar-refractivity contribution in [3.63, 3.8) is 0 Å². The summed E-state index contributed by atoms with van der Waals surface area (Å²) in [5, 5.41) is 0. The normalized spacial score (nSPS) is 14.9. The van der Waals surface area contributed by atoms with Gasteiger partial charge in [-0.25, -0.2) is 13.2 Å². The lowest BCUT2D eigenvalue weighted by Gasteiger charge is -2.34. The molecular weight excluding hydrogens is 466 g/mol. The number of nitrogens with zero attached hydrogens (tertiary/aromatic N) is 3. The van der Waals surface area contributed by atoms with Crippen LogP contribution in [0, 0.1) is 0 Å². The molecule has 0 atom stereocenters. The van der Waals surface area contributed by atoms with Crippen molar-refractivity contribution in [2.24, 2.45) is 0 Å². The van der Waals surface area contributed by atoms with E-state index in [-0.39, 0.29) is 16.4 Å². The monoisotopic (exact) mass is 499 g/mol. The molecule has 188 valence electrons. The Balaban J connectivity index is 1.59. The van der Waals surface area contributed by atoms with E-state index in [2.05, 4.69) is 23.6 Å². The summed E-state index contributed by atoms with van der Waals surface area (Å²) in [6, 6.07) is 15.8. The fourth-order valence-electron chi connectivity index (χ4n) is 3.91. The van der Waals surface area contributed by atoms with Crippen molar-refractivity contribution in [2.45, 2.75) is 25.3 Å². The van der Waals surface area contributed by atoms with Gasteiger partial charge in [-0.2, -0.15) is 4.31 Å². The zero-order valence-electron chi connectivity index (χ0n) is 20.4. The number of benzene rings is 2.